The maximum absolute atomic E-state index is 12.5. The summed E-state index contributed by atoms with van der Waals surface area (Å²) >= 11 is 4.95. The van der Waals surface area contributed by atoms with Gasteiger partial charge < -0.3 is 4.42 Å². The van der Waals surface area contributed by atoms with Gasteiger partial charge in [-0.1, -0.05) is 18.2 Å². The Bertz CT molecular complexity index is 1010. The van der Waals surface area contributed by atoms with E-state index in [1.807, 2.05) is 19.1 Å². The number of hydrogen-bond donors (Lipinski definition) is 1. The molecule has 0 saturated heterocycles. The van der Waals surface area contributed by atoms with Crippen LogP contribution in [0.25, 0.3) is 11.0 Å². The van der Waals surface area contributed by atoms with Crippen molar-refractivity contribution in [3.8, 4) is 0 Å². The second kappa shape index (κ2) is 5.55. The van der Waals surface area contributed by atoms with Crippen LogP contribution in [0.2, 0.25) is 0 Å². The van der Waals surface area contributed by atoms with Gasteiger partial charge in [0.1, 0.15) is 5.58 Å². The van der Waals surface area contributed by atoms with Crippen LogP contribution in [0.3, 0.4) is 0 Å². The van der Waals surface area contributed by atoms with Crippen LogP contribution in [0.5, 0.6) is 0 Å². The molecule has 0 amide bonds. The van der Waals surface area contributed by atoms with Crippen LogP contribution >= 0.6 is 12.2 Å². The molecule has 0 bridgehead atoms. The van der Waals surface area contributed by atoms with Crippen molar-refractivity contribution in [2.75, 3.05) is 4.72 Å². The van der Waals surface area contributed by atoms with E-state index in [4.69, 9.17) is 16.6 Å². The van der Waals surface area contributed by atoms with Crippen LogP contribution in [0.15, 0.2) is 63.9 Å². The van der Waals surface area contributed by atoms with Crippen molar-refractivity contribution in [2.45, 2.75) is 11.8 Å². The van der Waals surface area contributed by atoms with E-state index in [1.165, 1.54) is 6.07 Å². The van der Waals surface area contributed by atoms with Gasteiger partial charge in [0.15, 0.2) is 4.71 Å². The molecule has 1 heterocycles. The number of anilines is 1. The van der Waals surface area contributed by atoms with Crippen molar-refractivity contribution in [3.63, 3.8) is 0 Å². The van der Waals surface area contributed by atoms with Gasteiger partial charge in [-0.05, 0) is 61.1 Å². The topological polar surface area (TPSA) is 59.3 Å². The molecule has 0 aliphatic rings. The predicted octanol–water partition coefficient (Wildman–Crippen LogP) is 4.27. The number of benzene rings is 2. The van der Waals surface area contributed by atoms with Crippen LogP contribution in [0, 0.1) is 11.6 Å². The van der Waals surface area contributed by atoms with E-state index in [0.29, 0.717) is 21.4 Å². The highest BCUT2D eigenvalue weighted by Gasteiger charge is 2.15. The molecule has 0 aliphatic carbocycles. The molecule has 4 nitrogen and oxygen atoms in total. The molecule has 0 aliphatic heterocycles. The summed E-state index contributed by atoms with van der Waals surface area (Å²) in [6.07, 6.45) is 0. The van der Waals surface area contributed by atoms with Gasteiger partial charge in [-0.3, -0.25) is 4.72 Å². The third-order valence-corrected chi connectivity index (χ3v) is 4.87. The highest BCUT2D eigenvalue weighted by molar-refractivity contribution is 7.92. The molecule has 22 heavy (non-hydrogen) atoms. The fourth-order valence-electron chi connectivity index (χ4n) is 2.11. The Balaban J connectivity index is 2.04. The van der Waals surface area contributed by atoms with Crippen molar-refractivity contribution in [2.24, 2.45) is 0 Å². The molecule has 0 radical (unpaired) electrons. The largest absolute Gasteiger partial charge is 0.445 e. The zero-order valence-corrected chi connectivity index (χ0v) is 13.4. The molecule has 1 N–H and O–H groups in total. The summed E-state index contributed by atoms with van der Waals surface area (Å²) in [4.78, 5) is 0.176. The summed E-state index contributed by atoms with van der Waals surface area (Å²) in [5, 5.41) is 0.682. The molecule has 0 fully saturated rings. The zero-order chi connectivity index (χ0) is 15.7. The third-order valence-electron chi connectivity index (χ3n) is 3.29. The highest BCUT2D eigenvalue weighted by atomic mass is 32.2. The minimum atomic E-state index is -3.66. The van der Waals surface area contributed by atoms with Gasteiger partial charge in [-0.15, -0.1) is 0 Å². The SMILES string of the molecule is Cc1ccccc1NS(=O)(=O)c1ccc2oc(=S)ccc2c1. The van der Waals surface area contributed by atoms with E-state index in [-0.39, 0.29) is 4.90 Å². The van der Waals surface area contributed by atoms with E-state index in [9.17, 15) is 8.42 Å². The number of nitrogens with one attached hydrogen (secondary N) is 1. The van der Waals surface area contributed by atoms with Crippen LogP contribution in [-0.4, -0.2) is 8.42 Å². The lowest BCUT2D eigenvalue weighted by molar-refractivity contribution is 0.586. The number of rotatable bonds is 3. The van der Waals surface area contributed by atoms with Crippen molar-refractivity contribution < 1.29 is 12.8 Å². The molecule has 0 atom stereocenters. The average Bonchev–Trinajstić information content (AvgIpc) is 2.49. The fraction of sp³-hybridized carbons (Fsp3) is 0.0625. The molecular weight excluding hydrogens is 318 g/mol. The summed E-state index contributed by atoms with van der Waals surface area (Å²) in [5.74, 6) is 0. The lowest BCUT2D eigenvalue weighted by Gasteiger charge is -2.10. The predicted molar refractivity (Wildman–Crippen MR) is 89.0 cm³/mol. The van der Waals surface area contributed by atoms with E-state index < -0.39 is 10.0 Å². The molecule has 0 spiro atoms. The summed E-state index contributed by atoms with van der Waals surface area (Å²) in [7, 11) is -3.66. The molecule has 0 saturated carbocycles. The number of para-hydroxylation sites is 1. The summed E-state index contributed by atoms with van der Waals surface area (Å²) in [6.45, 7) is 1.85. The molecule has 3 aromatic rings. The molecule has 1 aromatic heterocycles. The average molecular weight is 331 g/mol. The summed E-state index contributed by atoms with van der Waals surface area (Å²) in [6, 6.07) is 15.3. The van der Waals surface area contributed by atoms with Gasteiger partial charge in [0.25, 0.3) is 10.0 Å². The minimum absolute atomic E-state index is 0.176. The molecule has 0 unspecified atom stereocenters. The van der Waals surface area contributed by atoms with Crippen molar-refractivity contribution in [3.05, 3.63) is 64.9 Å². The Morgan fingerprint density at radius 3 is 2.59 bits per heavy atom. The van der Waals surface area contributed by atoms with Crippen LogP contribution in [0.4, 0.5) is 5.69 Å². The first kappa shape index (κ1) is 14.7. The molecule has 112 valence electrons. The normalized spacial score (nSPS) is 11.5. The fourth-order valence-corrected chi connectivity index (χ4v) is 3.43. The van der Waals surface area contributed by atoms with E-state index in [2.05, 4.69) is 4.72 Å². The second-order valence-electron chi connectivity index (χ2n) is 4.87. The molecular formula is C16H13NO3S2. The van der Waals surface area contributed by atoms with E-state index in [0.717, 1.165) is 5.56 Å². The van der Waals surface area contributed by atoms with Gasteiger partial charge in [-0.25, -0.2) is 8.42 Å². The highest BCUT2D eigenvalue weighted by Crippen LogP contribution is 2.23. The van der Waals surface area contributed by atoms with Crippen molar-refractivity contribution >= 4 is 38.9 Å². The van der Waals surface area contributed by atoms with Gasteiger partial charge in [0.05, 0.1) is 10.6 Å². The Morgan fingerprint density at radius 2 is 1.82 bits per heavy atom. The van der Waals surface area contributed by atoms with Crippen molar-refractivity contribution in [1.82, 2.24) is 0 Å². The maximum atomic E-state index is 12.5. The standard InChI is InChI=1S/C16H13NO3S2/c1-11-4-2-3-5-14(11)17-22(18,19)13-7-8-15-12(10-13)6-9-16(21)20-15/h2-10,17H,1H3. The Morgan fingerprint density at radius 1 is 1.05 bits per heavy atom. The molecule has 3 rings (SSSR count). The van der Waals surface area contributed by atoms with Crippen LogP contribution in [0.1, 0.15) is 5.56 Å². The number of sulfonamides is 1. The summed E-state index contributed by atoms with van der Waals surface area (Å²) < 4.78 is 33.3. The van der Waals surface area contributed by atoms with Gasteiger partial charge >= 0.3 is 0 Å². The van der Waals surface area contributed by atoms with Gasteiger partial charge in [0, 0.05) is 5.39 Å². The lowest BCUT2D eigenvalue weighted by atomic mass is 10.2. The quantitative estimate of drug-likeness (QED) is 0.728. The van der Waals surface area contributed by atoms with Crippen molar-refractivity contribution in [1.29, 1.82) is 0 Å². The van der Waals surface area contributed by atoms with E-state index in [1.54, 1.807) is 36.4 Å². The third kappa shape index (κ3) is 2.88. The smallest absolute Gasteiger partial charge is 0.261 e. The second-order valence-corrected chi connectivity index (χ2v) is 6.96. The monoisotopic (exact) mass is 331 g/mol. The number of aryl methyl sites for hydroxylation is 1. The Labute approximate surface area is 133 Å². The molecule has 2 aromatic carbocycles. The minimum Gasteiger partial charge on any atom is -0.445 e. The number of fused-ring (bicyclic) bond motifs is 1. The first-order valence-electron chi connectivity index (χ1n) is 6.58. The molecule has 6 heteroatoms. The Kier molecular flexibility index (Phi) is 3.72. The van der Waals surface area contributed by atoms with Gasteiger partial charge in [0.2, 0.25) is 0 Å². The van der Waals surface area contributed by atoms with Crippen LogP contribution < -0.4 is 4.72 Å². The lowest BCUT2D eigenvalue weighted by Crippen LogP contribution is -2.13. The summed E-state index contributed by atoms with van der Waals surface area (Å²) in [5.41, 5.74) is 1.98. The van der Waals surface area contributed by atoms with Crippen LogP contribution in [-0.2, 0) is 10.0 Å². The Hall–Kier alpha value is -2.18. The first-order valence-corrected chi connectivity index (χ1v) is 8.47. The maximum Gasteiger partial charge on any atom is 0.261 e. The first-order chi connectivity index (χ1) is 10.5. The van der Waals surface area contributed by atoms with Gasteiger partial charge in [-0.2, -0.15) is 0 Å². The number of hydrogen-bond acceptors (Lipinski definition) is 4. The zero-order valence-electron chi connectivity index (χ0n) is 11.7. The van der Waals surface area contributed by atoms with E-state index >= 15 is 0 Å².